The van der Waals surface area contributed by atoms with Crippen LogP contribution in [0.2, 0.25) is 0 Å². The predicted molar refractivity (Wildman–Crippen MR) is 64.3 cm³/mol. The number of imidazole rings is 1. The number of piperidine rings is 1. The highest BCUT2D eigenvalue weighted by Gasteiger charge is 2.24. The average Bonchev–Trinajstić information content (AvgIpc) is 2.86. The van der Waals surface area contributed by atoms with Crippen molar-refractivity contribution in [3.8, 4) is 0 Å². The molecule has 1 aliphatic rings. The second kappa shape index (κ2) is 6.14. The summed E-state index contributed by atoms with van der Waals surface area (Å²) in [6.45, 7) is 3.13. The molecule has 1 aromatic rings. The summed E-state index contributed by atoms with van der Waals surface area (Å²) in [5.74, 6) is 0.731. The summed E-state index contributed by atoms with van der Waals surface area (Å²) in [6.07, 6.45) is 7.92. The van der Waals surface area contributed by atoms with Crippen molar-refractivity contribution in [2.75, 3.05) is 27.3 Å². The molecule has 2 heterocycles. The van der Waals surface area contributed by atoms with Crippen LogP contribution in [-0.2, 0) is 16.0 Å². The minimum atomic E-state index is -0.191. The van der Waals surface area contributed by atoms with Gasteiger partial charge >= 0.3 is 0 Å². The molecule has 0 aliphatic carbocycles. The molecular formula is C12H21N3O2. The second-order valence-corrected chi connectivity index (χ2v) is 4.52. The summed E-state index contributed by atoms with van der Waals surface area (Å²) in [6, 6.07) is 0. The van der Waals surface area contributed by atoms with Crippen LogP contribution >= 0.6 is 0 Å². The van der Waals surface area contributed by atoms with Gasteiger partial charge in [0, 0.05) is 46.2 Å². The maximum absolute atomic E-state index is 5.27. The smallest absolute Gasteiger partial charge is 0.218 e. The Bertz CT molecular complexity index is 304. The fourth-order valence-corrected chi connectivity index (χ4v) is 2.43. The van der Waals surface area contributed by atoms with Crippen molar-refractivity contribution in [1.29, 1.82) is 0 Å². The van der Waals surface area contributed by atoms with Gasteiger partial charge < -0.3 is 14.0 Å². The summed E-state index contributed by atoms with van der Waals surface area (Å²) in [4.78, 5) is 6.31. The first-order chi connectivity index (χ1) is 8.33. The molecule has 1 saturated heterocycles. The molecule has 0 N–H and O–H groups in total. The van der Waals surface area contributed by atoms with Gasteiger partial charge in [-0.15, -0.1) is 0 Å². The summed E-state index contributed by atoms with van der Waals surface area (Å²) in [7, 11) is 3.37. The molecular weight excluding hydrogens is 218 g/mol. The maximum Gasteiger partial charge on any atom is 0.218 e. The first-order valence-corrected chi connectivity index (χ1v) is 6.09. The largest absolute Gasteiger partial charge is 0.343 e. The van der Waals surface area contributed by atoms with Crippen LogP contribution in [0.3, 0.4) is 0 Å². The number of nitrogens with zero attached hydrogens (tertiary/aromatic N) is 3. The fraction of sp³-hybridized carbons (Fsp3) is 0.750. The molecule has 0 bridgehead atoms. The van der Waals surface area contributed by atoms with Gasteiger partial charge in [-0.25, -0.2) is 4.98 Å². The van der Waals surface area contributed by atoms with Gasteiger partial charge in [-0.2, -0.15) is 0 Å². The summed E-state index contributed by atoms with van der Waals surface area (Å²) >= 11 is 0. The number of aromatic nitrogens is 2. The molecule has 1 aromatic heterocycles. The van der Waals surface area contributed by atoms with Gasteiger partial charge in [-0.3, -0.25) is 4.90 Å². The topological polar surface area (TPSA) is 39.5 Å². The zero-order chi connectivity index (χ0) is 12.1. The van der Waals surface area contributed by atoms with Gasteiger partial charge in [-0.1, -0.05) is 0 Å². The normalized spacial score (nSPS) is 19.0. The number of rotatable bonds is 5. The van der Waals surface area contributed by atoms with E-state index in [1.54, 1.807) is 14.2 Å². The standard InChI is InChI=1S/C12H21N3O2/c1-16-12(17-2)15-6-3-11(4-7-15)9-14-8-5-13-10-14/h5,8,10-12H,3-4,6-7,9H2,1-2H3. The van der Waals surface area contributed by atoms with Gasteiger partial charge in [-0.05, 0) is 18.8 Å². The number of hydrogen-bond donors (Lipinski definition) is 0. The van der Waals surface area contributed by atoms with Crippen molar-refractivity contribution in [2.24, 2.45) is 5.92 Å². The van der Waals surface area contributed by atoms with E-state index in [1.165, 1.54) is 12.8 Å². The van der Waals surface area contributed by atoms with Crippen molar-refractivity contribution in [3.05, 3.63) is 18.7 Å². The number of methoxy groups -OCH3 is 2. The SMILES string of the molecule is COC(OC)N1CCC(Cn2ccnc2)CC1. The van der Waals surface area contributed by atoms with Crippen LogP contribution in [-0.4, -0.2) is 48.2 Å². The van der Waals surface area contributed by atoms with Gasteiger partial charge in [0.15, 0.2) is 0 Å². The van der Waals surface area contributed by atoms with E-state index in [0.29, 0.717) is 0 Å². The number of likely N-dealkylation sites (tertiary alicyclic amines) is 1. The molecule has 17 heavy (non-hydrogen) atoms. The van der Waals surface area contributed by atoms with E-state index in [4.69, 9.17) is 9.47 Å². The molecule has 0 spiro atoms. The van der Waals surface area contributed by atoms with Crippen LogP contribution < -0.4 is 0 Å². The Balaban J connectivity index is 1.78. The lowest BCUT2D eigenvalue weighted by Crippen LogP contribution is -2.43. The van der Waals surface area contributed by atoms with Gasteiger partial charge in [0.2, 0.25) is 6.41 Å². The highest BCUT2D eigenvalue weighted by atomic mass is 16.7. The Morgan fingerprint density at radius 3 is 2.53 bits per heavy atom. The predicted octanol–water partition coefficient (Wildman–Crippen LogP) is 1.17. The zero-order valence-corrected chi connectivity index (χ0v) is 10.6. The molecule has 0 unspecified atom stereocenters. The Labute approximate surface area is 102 Å². The van der Waals surface area contributed by atoms with E-state index in [1.807, 2.05) is 18.7 Å². The minimum absolute atomic E-state index is 0.191. The molecule has 0 radical (unpaired) electrons. The molecule has 0 aromatic carbocycles. The van der Waals surface area contributed by atoms with E-state index in [2.05, 4.69) is 14.5 Å². The van der Waals surface area contributed by atoms with E-state index in [9.17, 15) is 0 Å². The first kappa shape index (κ1) is 12.5. The van der Waals surface area contributed by atoms with Crippen molar-refractivity contribution in [1.82, 2.24) is 14.5 Å². The molecule has 96 valence electrons. The molecule has 0 saturated carbocycles. The zero-order valence-electron chi connectivity index (χ0n) is 10.6. The van der Waals surface area contributed by atoms with E-state index in [-0.39, 0.29) is 6.41 Å². The number of ether oxygens (including phenoxy) is 2. The lowest BCUT2D eigenvalue weighted by atomic mass is 9.97. The van der Waals surface area contributed by atoms with Crippen molar-refractivity contribution in [3.63, 3.8) is 0 Å². The van der Waals surface area contributed by atoms with Crippen LogP contribution in [0, 0.1) is 5.92 Å². The molecule has 0 atom stereocenters. The Kier molecular flexibility index (Phi) is 4.53. The summed E-state index contributed by atoms with van der Waals surface area (Å²) < 4.78 is 12.7. The molecule has 1 fully saturated rings. The van der Waals surface area contributed by atoms with Crippen LogP contribution in [0.4, 0.5) is 0 Å². The third kappa shape index (κ3) is 3.28. The Hall–Kier alpha value is -0.910. The molecule has 5 nitrogen and oxygen atoms in total. The first-order valence-electron chi connectivity index (χ1n) is 6.09. The minimum Gasteiger partial charge on any atom is -0.343 e. The quantitative estimate of drug-likeness (QED) is 0.723. The van der Waals surface area contributed by atoms with E-state index in [0.717, 1.165) is 25.6 Å². The highest BCUT2D eigenvalue weighted by molar-refractivity contribution is 4.78. The van der Waals surface area contributed by atoms with Crippen LogP contribution in [0.5, 0.6) is 0 Å². The van der Waals surface area contributed by atoms with E-state index < -0.39 is 0 Å². The Morgan fingerprint density at radius 1 is 1.29 bits per heavy atom. The lowest BCUT2D eigenvalue weighted by Gasteiger charge is -2.35. The highest BCUT2D eigenvalue weighted by Crippen LogP contribution is 2.20. The van der Waals surface area contributed by atoms with Crippen molar-refractivity contribution in [2.45, 2.75) is 25.8 Å². The van der Waals surface area contributed by atoms with Crippen molar-refractivity contribution >= 4 is 0 Å². The van der Waals surface area contributed by atoms with Crippen molar-refractivity contribution < 1.29 is 9.47 Å². The van der Waals surface area contributed by atoms with Crippen LogP contribution in [0.25, 0.3) is 0 Å². The summed E-state index contributed by atoms with van der Waals surface area (Å²) in [5.41, 5.74) is 0. The van der Waals surface area contributed by atoms with E-state index >= 15 is 0 Å². The third-order valence-corrected chi connectivity index (χ3v) is 3.38. The molecule has 5 heteroatoms. The van der Waals surface area contributed by atoms with Crippen LogP contribution in [0.15, 0.2) is 18.7 Å². The number of hydrogen-bond acceptors (Lipinski definition) is 4. The molecule has 0 amide bonds. The second-order valence-electron chi connectivity index (χ2n) is 4.52. The lowest BCUT2D eigenvalue weighted by molar-refractivity contribution is -0.202. The molecule has 1 aliphatic heterocycles. The average molecular weight is 239 g/mol. The summed E-state index contributed by atoms with van der Waals surface area (Å²) in [5, 5.41) is 0. The van der Waals surface area contributed by atoms with Crippen LogP contribution in [0.1, 0.15) is 12.8 Å². The maximum atomic E-state index is 5.27. The Morgan fingerprint density at radius 2 is 2.00 bits per heavy atom. The fourth-order valence-electron chi connectivity index (χ4n) is 2.43. The molecule has 2 rings (SSSR count). The third-order valence-electron chi connectivity index (χ3n) is 3.38. The van der Waals surface area contributed by atoms with Gasteiger partial charge in [0.05, 0.1) is 6.33 Å². The monoisotopic (exact) mass is 239 g/mol. The van der Waals surface area contributed by atoms with Gasteiger partial charge in [0.25, 0.3) is 0 Å². The van der Waals surface area contributed by atoms with Gasteiger partial charge in [0.1, 0.15) is 0 Å².